The van der Waals surface area contributed by atoms with Crippen LogP contribution in [0.2, 0.25) is 0 Å². The number of methoxy groups -OCH3 is 1. The van der Waals surface area contributed by atoms with Crippen molar-refractivity contribution in [3.05, 3.63) is 60.2 Å². The summed E-state index contributed by atoms with van der Waals surface area (Å²) in [4.78, 5) is 31.1. The molecular weight excluding hydrogens is 448 g/mol. The van der Waals surface area contributed by atoms with Crippen molar-refractivity contribution in [3.8, 4) is 0 Å². The molecule has 1 aliphatic rings. The Kier molecular flexibility index (Phi) is 8.77. The van der Waals surface area contributed by atoms with Crippen LogP contribution >= 0.6 is 0 Å². The van der Waals surface area contributed by atoms with E-state index in [-0.39, 0.29) is 18.4 Å². The zero-order valence-corrected chi connectivity index (χ0v) is 20.0. The van der Waals surface area contributed by atoms with Crippen LogP contribution in [-0.4, -0.2) is 96.3 Å². The molecule has 4 rings (SSSR count). The topological polar surface area (TPSA) is 102 Å². The van der Waals surface area contributed by atoms with E-state index in [2.05, 4.69) is 20.5 Å². The van der Waals surface area contributed by atoms with E-state index < -0.39 is 6.04 Å². The van der Waals surface area contributed by atoms with Gasteiger partial charge in [0.05, 0.1) is 25.3 Å². The molecule has 1 N–H and O–H groups in total. The summed E-state index contributed by atoms with van der Waals surface area (Å²) in [5.74, 6) is -0.448. The predicted octanol–water partition coefficient (Wildman–Crippen LogP) is 1.10. The van der Waals surface area contributed by atoms with Gasteiger partial charge in [0, 0.05) is 39.8 Å². The third-order valence-corrected chi connectivity index (χ3v) is 6.07. The molecule has 0 bridgehead atoms. The molecule has 2 aromatic carbocycles. The van der Waals surface area contributed by atoms with Crippen LogP contribution in [0.25, 0.3) is 11.0 Å². The standard InChI is InChI=1S/C25H32N6O4/c1-34-16-11-26-25(33)24(20-7-3-2-4-8-20)30(13-12-29-14-17-35-18-15-29)23(32)19-31-22-10-6-5-9-21(22)27-28-31/h2-10,24H,11-19H2,1H3,(H,26,33)/t24-/m0/s1. The highest BCUT2D eigenvalue weighted by molar-refractivity contribution is 5.89. The van der Waals surface area contributed by atoms with Crippen LogP contribution in [0, 0.1) is 0 Å². The van der Waals surface area contributed by atoms with E-state index in [9.17, 15) is 9.59 Å². The van der Waals surface area contributed by atoms with Gasteiger partial charge in [-0.3, -0.25) is 14.5 Å². The summed E-state index contributed by atoms with van der Waals surface area (Å²) in [5.41, 5.74) is 2.24. The zero-order chi connectivity index (χ0) is 24.5. The van der Waals surface area contributed by atoms with Crippen molar-refractivity contribution in [2.24, 2.45) is 0 Å². The summed E-state index contributed by atoms with van der Waals surface area (Å²) >= 11 is 0. The number of carbonyl (C=O) groups excluding carboxylic acids is 2. The third-order valence-electron chi connectivity index (χ3n) is 6.07. The number of hydrogen-bond acceptors (Lipinski definition) is 7. The number of nitrogens with one attached hydrogen (secondary N) is 1. The Hall–Kier alpha value is -3.34. The molecule has 2 heterocycles. The molecule has 35 heavy (non-hydrogen) atoms. The molecule has 1 saturated heterocycles. The smallest absolute Gasteiger partial charge is 0.247 e. The number of rotatable bonds is 11. The molecule has 3 aromatic rings. The lowest BCUT2D eigenvalue weighted by Gasteiger charge is -2.34. The Bertz CT molecular complexity index is 1100. The monoisotopic (exact) mass is 480 g/mol. The van der Waals surface area contributed by atoms with E-state index >= 15 is 0 Å². The molecule has 0 aliphatic carbocycles. The molecule has 0 radical (unpaired) electrons. The molecule has 1 atom stereocenters. The number of morpholine rings is 1. The van der Waals surface area contributed by atoms with Crippen LogP contribution in [0.5, 0.6) is 0 Å². The number of nitrogens with zero attached hydrogens (tertiary/aromatic N) is 5. The fraction of sp³-hybridized carbons (Fsp3) is 0.440. The number of fused-ring (bicyclic) bond motifs is 1. The highest BCUT2D eigenvalue weighted by Gasteiger charge is 2.32. The van der Waals surface area contributed by atoms with Gasteiger partial charge in [0.25, 0.3) is 0 Å². The summed E-state index contributed by atoms with van der Waals surface area (Å²) in [6, 6.07) is 16.1. The molecule has 10 heteroatoms. The van der Waals surface area contributed by atoms with E-state index in [0.717, 1.165) is 29.7 Å². The minimum atomic E-state index is -0.781. The van der Waals surface area contributed by atoms with Gasteiger partial charge < -0.3 is 19.7 Å². The first-order valence-corrected chi connectivity index (χ1v) is 11.9. The molecule has 1 aromatic heterocycles. The molecule has 0 saturated carbocycles. The number of para-hydroxylation sites is 1. The lowest BCUT2D eigenvalue weighted by atomic mass is 10.0. The van der Waals surface area contributed by atoms with Gasteiger partial charge in [-0.25, -0.2) is 4.68 Å². The second kappa shape index (κ2) is 12.4. The van der Waals surface area contributed by atoms with Gasteiger partial charge in [0.2, 0.25) is 11.8 Å². The predicted molar refractivity (Wildman–Crippen MR) is 131 cm³/mol. The maximum atomic E-state index is 13.8. The van der Waals surface area contributed by atoms with Gasteiger partial charge in [-0.15, -0.1) is 5.10 Å². The van der Waals surface area contributed by atoms with Crippen molar-refractivity contribution in [3.63, 3.8) is 0 Å². The first-order valence-electron chi connectivity index (χ1n) is 11.9. The Morgan fingerprint density at radius 3 is 2.63 bits per heavy atom. The highest BCUT2D eigenvalue weighted by atomic mass is 16.5. The average Bonchev–Trinajstić information content (AvgIpc) is 3.30. The van der Waals surface area contributed by atoms with Crippen LogP contribution in [0.15, 0.2) is 54.6 Å². The fourth-order valence-corrected chi connectivity index (χ4v) is 4.21. The van der Waals surface area contributed by atoms with Gasteiger partial charge in [0.15, 0.2) is 0 Å². The largest absolute Gasteiger partial charge is 0.383 e. The zero-order valence-electron chi connectivity index (χ0n) is 20.0. The first kappa shape index (κ1) is 24.8. The van der Waals surface area contributed by atoms with Crippen molar-refractivity contribution in [2.75, 3.05) is 59.7 Å². The van der Waals surface area contributed by atoms with Crippen LogP contribution < -0.4 is 5.32 Å². The van der Waals surface area contributed by atoms with Crippen LogP contribution in [0.4, 0.5) is 0 Å². The van der Waals surface area contributed by atoms with Gasteiger partial charge in [-0.2, -0.15) is 0 Å². The van der Waals surface area contributed by atoms with Gasteiger partial charge in [-0.1, -0.05) is 47.7 Å². The molecule has 0 spiro atoms. The molecule has 186 valence electrons. The third kappa shape index (κ3) is 6.41. The Morgan fingerprint density at radius 1 is 1.11 bits per heavy atom. The van der Waals surface area contributed by atoms with Gasteiger partial charge in [0.1, 0.15) is 18.1 Å². The Labute approximate surface area is 204 Å². The molecule has 10 nitrogen and oxygen atoms in total. The van der Waals surface area contributed by atoms with E-state index in [4.69, 9.17) is 9.47 Å². The summed E-state index contributed by atoms with van der Waals surface area (Å²) in [6.07, 6.45) is 0. The molecule has 0 unspecified atom stereocenters. The van der Waals surface area contributed by atoms with Crippen molar-refractivity contribution in [1.82, 2.24) is 30.1 Å². The Morgan fingerprint density at radius 2 is 1.86 bits per heavy atom. The van der Waals surface area contributed by atoms with E-state index in [1.807, 2.05) is 54.6 Å². The summed E-state index contributed by atoms with van der Waals surface area (Å²) in [5, 5.41) is 11.3. The normalized spacial score (nSPS) is 15.1. The second-order valence-corrected chi connectivity index (χ2v) is 8.37. The average molecular weight is 481 g/mol. The van der Waals surface area contributed by atoms with Crippen LogP contribution in [-0.2, 0) is 25.6 Å². The molecule has 1 aliphatic heterocycles. The fourth-order valence-electron chi connectivity index (χ4n) is 4.21. The lowest BCUT2D eigenvalue weighted by molar-refractivity contribution is -0.142. The highest BCUT2D eigenvalue weighted by Crippen LogP contribution is 2.22. The van der Waals surface area contributed by atoms with Gasteiger partial charge >= 0.3 is 0 Å². The van der Waals surface area contributed by atoms with Crippen molar-refractivity contribution in [1.29, 1.82) is 0 Å². The van der Waals surface area contributed by atoms with E-state index in [1.165, 1.54) is 0 Å². The van der Waals surface area contributed by atoms with Crippen molar-refractivity contribution < 1.29 is 19.1 Å². The van der Waals surface area contributed by atoms with Crippen LogP contribution in [0.3, 0.4) is 0 Å². The molecule has 1 fully saturated rings. The number of hydrogen-bond donors (Lipinski definition) is 1. The Balaban J connectivity index is 1.61. The maximum Gasteiger partial charge on any atom is 0.247 e. The summed E-state index contributed by atoms with van der Waals surface area (Å²) in [6.45, 7) is 4.69. The lowest BCUT2D eigenvalue weighted by Crippen LogP contribution is -2.49. The SMILES string of the molecule is COCCNC(=O)[C@H](c1ccccc1)N(CCN1CCOCC1)C(=O)Cn1nnc2ccccc21. The molecule has 2 amide bonds. The van der Waals surface area contributed by atoms with Gasteiger partial charge in [-0.05, 0) is 17.7 Å². The molecular formula is C25H32N6O4. The number of amides is 2. The van der Waals surface area contributed by atoms with Crippen LogP contribution in [0.1, 0.15) is 11.6 Å². The van der Waals surface area contributed by atoms with E-state index in [0.29, 0.717) is 39.5 Å². The first-order chi connectivity index (χ1) is 17.2. The van der Waals surface area contributed by atoms with Crippen molar-refractivity contribution in [2.45, 2.75) is 12.6 Å². The second-order valence-electron chi connectivity index (χ2n) is 8.37. The number of aromatic nitrogens is 3. The summed E-state index contributed by atoms with van der Waals surface area (Å²) < 4.78 is 12.1. The minimum absolute atomic E-state index is 0.0156. The van der Waals surface area contributed by atoms with E-state index in [1.54, 1.807) is 16.7 Å². The quantitative estimate of drug-likeness (QED) is 0.410. The maximum absolute atomic E-state index is 13.8. The van der Waals surface area contributed by atoms with Crippen molar-refractivity contribution >= 4 is 22.8 Å². The minimum Gasteiger partial charge on any atom is -0.383 e. The number of benzene rings is 2. The summed E-state index contributed by atoms with van der Waals surface area (Å²) in [7, 11) is 1.58. The number of carbonyl (C=O) groups is 2. The number of ether oxygens (including phenoxy) is 2.